The molecule has 0 aromatic carbocycles. The molecule has 0 aromatic heterocycles. The first kappa shape index (κ1) is 64.2. The molecular weight excluding hydrogens is 1080 g/mol. The van der Waals surface area contributed by atoms with Gasteiger partial charge in [-0.15, -0.1) is 0 Å². The Bertz CT molecular complexity index is 2280. The summed E-state index contributed by atoms with van der Waals surface area (Å²) >= 11 is 0. The third kappa shape index (κ3) is 13.4. The fourth-order valence-corrected chi connectivity index (χ4v) is 20.7. The molecule has 16 aliphatic carbocycles. The largest absolute Gasteiger partial charge is 0.461 e. The van der Waals surface area contributed by atoms with Gasteiger partial charge in [-0.25, -0.2) is 17.6 Å². The summed E-state index contributed by atoms with van der Waals surface area (Å²) in [5.41, 5.74) is -7.12. The van der Waals surface area contributed by atoms with E-state index in [-0.39, 0.29) is 73.3 Å². The predicted molar refractivity (Wildman–Crippen MR) is 299 cm³/mol. The Balaban J connectivity index is 0.000000149. The number of ether oxygens (including phenoxy) is 5. The van der Waals surface area contributed by atoms with Crippen molar-refractivity contribution >= 4 is 11.9 Å². The summed E-state index contributed by atoms with van der Waals surface area (Å²) in [6.07, 6.45) is 14.5. The third-order valence-electron chi connectivity index (χ3n) is 23.6. The number of aliphatic hydroxyl groups excluding tert-OH is 1. The van der Waals surface area contributed by atoms with Crippen molar-refractivity contribution in [2.75, 3.05) is 39.6 Å². The van der Waals surface area contributed by atoms with E-state index >= 15 is 0 Å². The fourth-order valence-electron chi connectivity index (χ4n) is 20.7. The number of esters is 2. The van der Waals surface area contributed by atoms with Crippen LogP contribution >= 0.6 is 0 Å². The van der Waals surface area contributed by atoms with Crippen LogP contribution in [0.2, 0.25) is 0 Å². The highest BCUT2D eigenvalue weighted by Crippen LogP contribution is 2.65. The second-order valence-corrected chi connectivity index (χ2v) is 34.3. The first-order chi connectivity index (χ1) is 38.2. The Hall–Kier alpha value is -1.76. The van der Waals surface area contributed by atoms with Crippen LogP contribution in [0.5, 0.6) is 0 Å². The van der Waals surface area contributed by atoms with Crippen LogP contribution in [0.25, 0.3) is 0 Å². The van der Waals surface area contributed by atoms with Gasteiger partial charge in [-0.2, -0.15) is 8.78 Å². The SMILES string of the molecule is CC(C)(C)C(F)(F)CCOCC12CC3CC(C1)C(O)C(C3)C2.CC(C)(C)C(F)(F)CCOCC12CC3CC(CC(O)(C3)C1)C2.CC(C)(C)C(F)(F)OCC(COC(=O)C12CC3CC(CC(O)(C3)C1)C2)OC(=O)C12CC3CC(CC(O)(C3)C1)C2. The molecule has 16 saturated carbocycles. The third-order valence-corrected chi connectivity index (χ3v) is 23.6. The molecule has 0 amide bonds. The number of aliphatic hydroxyl groups is 4. The summed E-state index contributed by atoms with van der Waals surface area (Å²) < 4.78 is 113. The molecule has 0 spiro atoms. The standard InChI is InChI=1S/C30H44F2O7.2C18H30F2O2/c1-25(2,3)30(31,32)38-15-22(39-24(34)27-8-20-5-21(9-27)13-29(36,12-20)17-27)14-37-23(33)26-6-18-4-19(7-26)11-28(35,10-18)16-26;1-15(2,3)18(19,20)4-5-22-12-16-7-13-6-14(8-16)10-17(21,9-13)11-16;1-16(2,3)18(19,20)4-5-22-11-17-8-12-6-13(9-17)15(21)14(7-12)10-17/h18-22,35-36H,4-17H2,1-3H3;13-14,21H,4-12H2,1-3H3;12-15,21H,4-11H2,1-3H3. The molecule has 16 rings (SSSR count). The molecule has 83 heavy (non-hydrogen) atoms. The molecule has 476 valence electrons. The van der Waals surface area contributed by atoms with Crippen LogP contribution in [0.3, 0.4) is 0 Å². The average Bonchev–Trinajstić information content (AvgIpc) is 2.70. The van der Waals surface area contributed by atoms with Gasteiger partial charge in [-0.3, -0.25) is 9.59 Å². The lowest BCUT2D eigenvalue weighted by Gasteiger charge is -2.60. The quantitative estimate of drug-likeness (QED) is 0.0587. The smallest absolute Gasteiger partial charge is 0.360 e. The number of rotatable bonds is 18. The lowest BCUT2D eigenvalue weighted by atomic mass is 9.48. The molecule has 16 bridgehead atoms. The van der Waals surface area contributed by atoms with Crippen molar-refractivity contribution in [2.45, 2.75) is 270 Å². The maximum Gasteiger partial charge on any atom is 0.360 e. The Kier molecular flexibility index (Phi) is 17.0. The van der Waals surface area contributed by atoms with E-state index in [0.29, 0.717) is 101 Å². The highest BCUT2D eigenvalue weighted by molar-refractivity contribution is 5.79. The monoisotopic (exact) mass is 1190 g/mol. The minimum Gasteiger partial charge on any atom is -0.461 e. The first-order valence-corrected chi connectivity index (χ1v) is 32.3. The molecule has 16 fully saturated rings. The number of halogens is 6. The normalized spacial score (nSPS) is 42.9. The van der Waals surface area contributed by atoms with Gasteiger partial charge in [0.25, 0.3) is 11.8 Å². The molecule has 0 aliphatic heterocycles. The number of carbonyl (C=O) groups is 2. The number of hydrogen-bond acceptors (Lipinski definition) is 11. The highest BCUT2D eigenvalue weighted by Gasteiger charge is 2.64. The second-order valence-electron chi connectivity index (χ2n) is 34.3. The van der Waals surface area contributed by atoms with Crippen LogP contribution in [0.4, 0.5) is 26.3 Å². The van der Waals surface area contributed by atoms with Gasteiger partial charge in [0.15, 0.2) is 6.10 Å². The molecule has 0 saturated heterocycles. The molecule has 0 radical (unpaired) electrons. The van der Waals surface area contributed by atoms with Gasteiger partial charge in [0.05, 0.1) is 72.2 Å². The van der Waals surface area contributed by atoms with Crippen molar-refractivity contribution in [3.8, 4) is 0 Å². The minimum atomic E-state index is -3.49. The van der Waals surface area contributed by atoms with Crippen molar-refractivity contribution in [1.29, 1.82) is 0 Å². The molecule has 0 heterocycles. The first-order valence-electron chi connectivity index (χ1n) is 32.3. The molecule has 16 aliphatic rings. The van der Waals surface area contributed by atoms with Gasteiger partial charge in [-0.1, -0.05) is 62.3 Å². The summed E-state index contributed by atoms with van der Waals surface area (Å²) in [5.74, 6) is -2.47. The Morgan fingerprint density at radius 3 is 1.25 bits per heavy atom. The van der Waals surface area contributed by atoms with E-state index in [1.54, 1.807) is 41.5 Å². The van der Waals surface area contributed by atoms with Crippen molar-refractivity contribution in [3.63, 3.8) is 0 Å². The van der Waals surface area contributed by atoms with Gasteiger partial charge in [0.2, 0.25) is 0 Å². The van der Waals surface area contributed by atoms with Crippen LogP contribution in [0, 0.1) is 91.2 Å². The lowest BCUT2D eigenvalue weighted by Crippen LogP contribution is -2.59. The predicted octanol–water partition coefficient (Wildman–Crippen LogP) is 13.4. The van der Waals surface area contributed by atoms with Gasteiger partial charge in [0.1, 0.15) is 6.61 Å². The molecule has 17 heteroatoms. The summed E-state index contributed by atoms with van der Waals surface area (Å²) in [5, 5.41) is 43.1. The zero-order valence-electron chi connectivity index (χ0n) is 51.7. The Morgan fingerprint density at radius 1 is 0.470 bits per heavy atom. The molecule has 0 aromatic rings. The Labute approximate surface area is 490 Å². The fraction of sp³-hybridized carbons (Fsp3) is 0.970. The molecule has 11 nitrogen and oxygen atoms in total. The van der Waals surface area contributed by atoms with Gasteiger partial charge >= 0.3 is 18.0 Å². The van der Waals surface area contributed by atoms with E-state index in [4.69, 9.17) is 23.7 Å². The van der Waals surface area contributed by atoms with E-state index in [0.717, 1.165) is 76.5 Å². The summed E-state index contributed by atoms with van der Waals surface area (Å²) in [6, 6.07) is 0. The number of alkyl halides is 6. The van der Waals surface area contributed by atoms with E-state index in [1.807, 2.05) is 0 Å². The summed E-state index contributed by atoms with van der Waals surface area (Å²) in [6.45, 7) is 13.9. The van der Waals surface area contributed by atoms with Crippen LogP contribution in [0.15, 0.2) is 0 Å². The average molecular weight is 1190 g/mol. The van der Waals surface area contributed by atoms with Crippen molar-refractivity contribution in [2.24, 2.45) is 91.2 Å². The second kappa shape index (κ2) is 22.0. The summed E-state index contributed by atoms with van der Waals surface area (Å²) in [4.78, 5) is 27.1. The van der Waals surface area contributed by atoms with E-state index in [1.165, 1.54) is 33.6 Å². The lowest BCUT2D eigenvalue weighted by molar-refractivity contribution is -0.304. The van der Waals surface area contributed by atoms with Crippen LogP contribution in [-0.2, 0) is 33.3 Å². The van der Waals surface area contributed by atoms with Crippen molar-refractivity contribution < 1.29 is 80.0 Å². The van der Waals surface area contributed by atoms with Crippen molar-refractivity contribution in [1.82, 2.24) is 0 Å². The number of carbonyl (C=O) groups excluding carboxylic acids is 2. The van der Waals surface area contributed by atoms with Gasteiger partial charge in [0, 0.05) is 23.7 Å². The van der Waals surface area contributed by atoms with E-state index in [2.05, 4.69) is 0 Å². The maximum atomic E-state index is 14.7. The molecule has 9 atom stereocenters. The van der Waals surface area contributed by atoms with Gasteiger partial charge in [-0.05, 0) is 212 Å². The van der Waals surface area contributed by atoms with Gasteiger partial charge < -0.3 is 44.1 Å². The van der Waals surface area contributed by atoms with E-state index in [9.17, 15) is 56.4 Å². The topological polar surface area (TPSA) is 161 Å². The minimum absolute atomic E-state index is 0.0514. The molecule has 9 unspecified atom stereocenters. The zero-order valence-corrected chi connectivity index (χ0v) is 51.7. The Morgan fingerprint density at radius 2 is 0.855 bits per heavy atom. The van der Waals surface area contributed by atoms with Crippen LogP contribution in [-0.4, -0.2) is 119 Å². The molecular formula is C66H104F6O11. The summed E-state index contributed by atoms with van der Waals surface area (Å²) in [7, 11) is 0. The molecule has 4 N–H and O–H groups in total. The zero-order chi connectivity index (χ0) is 60.5. The van der Waals surface area contributed by atoms with E-state index < -0.39 is 86.5 Å². The van der Waals surface area contributed by atoms with Crippen LogP contribution < -0.4 is 0 Å². The maximum absolute atomic E-state index is 14.7. The van der Waals surface area contributed by atoms with Crippen LogP contribution in [0.1, 0.15) is 223 Å². The number of hydrogen-bond donors (Lipinski definition) is 4. The highest BCUT2D eigenvalue weighted by atomic mass is 19.3. The van der Waals surface area contributed by atoms with Crippen molar-refractivity contribution in [3.05, 3.63) is 0 Å².